The van der Waals surface area contributed by atoms with Gasteiger partial charge in [-0.05, 0) is 31.2 Å². The lowest BCUT2D eigenvalue weighted by Gasteiger charge is -2.06. The van der Waals surface area contributed by atoms with Crippen LogP contribution in [0.5, 0.6) is 5.75 Å². The number of aromatic nitrogens is 1. The zero-order valence-electron chi connectivity index (χ0n) is 10.4. The van der Waals surface area contributed by atoms with Gasteiger partial charge in [0.2, 0.25) is 0 Å². The van der Waals surface area contributed by atoms with Crippen LogP contribution in [0.25, 0.3) is 0 Å². The zero-order valence-corrected chi connectivity index (χ0v) is 11.1. The van der Waals surface area contributed by atoms with Crippen LogP contribution < -0.4 is 10.1 Å². The molecule has 1 N–H and O–H groups in total. The Labute approximate surface area is 115 Å². The minimum atomic E-state index is -0.281. The molecule has 0 fully saturated rings. The Kier molecular flexibility index (Phi) is 4.41. The summed E-state index contributed by atoms with van der Waals surface area (Å²) in [6.07, 6.45) is 0. The van der Waals surface area contributed by atoms with Gasteiger partial charge in [0.15, 0.2) is 5.69 Å². The highest BCUT2D eigenvalue weighted by Crippen LogP contribution is 2.15. The van der Waals surface area contributed by atoms with Crippen molar-refractivity contribution in [1.29, 1.82) is 0 Å². The van der Waals surface area contributed by atoms with Crippen molar-refractivity contribution in [2.45, 2.75) is 6.92 Å². The molecule has 2 rings (SSSR count). The number of hydrogen-bond donors (Lipinski definition) is 1. The minimum absolute atomic E-state index is 0.268. The van der Waals surface area contributed by atoms with Crippen molar-refractivity contribution < 1.29 is 14.1 Å². The third kappa shape index (κ3) is 3.99. The molecule has 2 aromatic rings. The highest BCUT2D eigenvalue weighted by molar-refractivity contribution is 6.30. The van der Waals surface area contributed by atoms with E-state index in [9.17, 15) is 4.79 Å². The molecule has 100 valence electrons. The van der Waals surface area contributed by atoms with Crippen LogP contribution in [0.2, 0.25) is 5.02 Å². The first kappa shape index (κ1) is 13.4. The molecule has 1 aromatic carbocycles. The Balaban J connectivity index is 1.72. The van der Waals surface area contributed by atoms with Crippen LogP contribution in [0.4, 0.5) is 0 Å². The van der Waals surface area contributed by atoms with Crippen molar-refractivity contribution in [2.24, 2.45) is 0 Å². The van der Waals surface area contributed by atoms with E-state index in [4.69, 9.17) is 20.9 Å². The average Bonchev–Trinajstić information content (AvgIpc) is 2.83. The summed E-state index contributed by atoms with van der Waals surface area (Å²) in [6.45, 7) is 2.48. The summed E-state index contributed by atoms with van der Waals surface area (Å²) in [7, 11) is 0. The Morgan fingerprint density at radius 3 is 2.79 bits per heavy atom. The number of amides is 1. The maximum absolute atomic E-state index is 11.6. The molecule has 1 heterocycles. The van der Waals surface area contributed by atoms with Gasteiger partial charge in [0.05, 0.1) is 6.54 Å². The van der Waals surface area contributed by atoms with Crippen LogP contribution in [-0.2, 0) is 0 Å². The number of benzene rings is 1. The van der Waals surface area contributed by atoms with E-state index in [-0.39, 0.29) is 11.6 Å². The van der Waals surface area contributed by atoms with E-state index < -0.39 is 0 Å². The molecule has 5 nitrogen and oxygen atoms in total. The van der Waals surface area contributed by atoms with Crippen LogP contribution >= 0.6 is 11.6 Å². The number of rotatable bonds is 5. The zero-order chi connectivity index (χ0) is 13.7. The van der Waals surface area contributed by atoms with Crippen molar-refractivity contribution in [2.75, 3.05) is 13.2 Å². The lowest BCUT2D eigenvalue weighted by molar-refractivity contribution is 0.0938. The van der Waals surface area contributed by atoms with Gasteiger partial charge in [0.25, 0.3) is 5.91 Å². The fraction of sp³-hybridized carbons (Fsp3) is 0.231. The molecular weight excluding hydrogens is 268 g/mol. The second-order valence-corrected chi connectivity index (χ2v) is 4.32. The molecule has 0 atom stereocenters. The maximum atomic E-state index is 11.6. The molecule has 0 spiro atoms. The SMILES string of the molecule is Cc1cc(C(=O)NCCOc2ccc(Cl)cc2)no1. The Morgan fingerprint density at radius 2 is 2.16 bits per heavy atom. The van der Waals surface area contributed by atoms with E-state index in [1.807, 2.05) is 0 Å². The predicted molar refractivity (Wildman–Crippen MR) is 70.5 cm³/mol. The van der Waals surface area contributed by atoms with E-state index in [0.717, 1.165) is 0 Å². The van der Waals surface area contributed by atoms with Crippen LogP contribution in [0.3, 0.4) is 0 Å². The summed E-state index contributed by atoms with van der Waals surface area (Å²) in [5, 5.41) is 6.96. The number of nitrogens with one attached hydrogen (secondary N) is 1. The summed E-state index contributed by atoms with van der Waals surface area (Å²) in [6, 6.07) is 8.60. The second-order valence-electron chi connectivity index (χ2n) is 3.88. The van der Waals surface area contributed by atoms with Crippen molar-refractivity contribution in [1.82, 2.24) is 10.5 Å². The smallest absolute Gasteiger partial charge is 0.273 e. The number of halogens is 1. The Morgan fingerprint density at radius 1 is 1.42 bits per heavy atom. The van der Waals surface area contributed by atoms with Gasteiger partial charge < -0.3 is 14.6 Å². The molecule has 0 aliphatic carbocycles. The molecule has 0 aliphatic heterocycles. The van der Waals surface area contributed by atoms with E-state index >= 15 is 0 Å². The second kappa shape index (κ2) is 6.24. The third-order valence-corrected chi connectivity index (χ3v) is 2.58. The number of hydrogen-bond acceptors (Lipinski definition) is 4. The molecule has 0 unspecified atom stereocenters. The van der Waals surface area contributed by atoms with E-state index in [0.29, 0.717) is 29.7 Å². The normalized spacial score (nSPS) is 10.2. The summed E-state index contributed by atoms with van der Waals surface area (Å²) >= 11 is 5.76. The first-order valence-corrected chi connectivity index (χ1v) is 6.13. The van der Waals surface area contributed by atoms with Crippen molar-refractivity contribution in [3.8, 4) is 5.75 Å². The van der Waals surface area contributed by atoms with Crippen LogP contribution in [-0.4, -0.2) is 24.2 Å². The van der Waals surface area contributed by atoms with Crippen LogP contribution in [0, 0.1) is 6.92 Å². The lowest BCUT2D eigenvalue weighted by Crippen LogP contribution is -2.28. The Hall–Kier alpha value is -2.01. The number of nitrogens with zero attached hydrogens (tertiary/aromatic N) is 1. The summed E-state index contributed by atoms with van der Waals surface area (Å²) in [4.78, 5) is 11.6. The van der Waals surface area contributed by atoms with Gasteiger partial charge in [-0.2, -0.15) is 0 Å². The quantitative estimate of drug-likeness (QED) is 0.855. The molecule has 0 aliphatic rings. The molecule has 0 saturated heterocycles. The number of ether oxygens (including phenoxy) is 1. The van der Waals surface area contributed by atoms with Gasteiger partial charge in [-0.1, -0.05) is 16.8 Å². The highest BCUT2D eigenvalue weighted by atomic mass is 35.5. The topological polar surface area (TPSA) is 64.4 Å². The summed E-state index contributed by atoms with van der Waals surface area (Å²) in [5.41, 5.74) is 0.268. The van der Waals surface area contributed by atoms with Gasteiger partial charge >= 0.3 is 0 Å². The van der Waals surface area contributed by atoms with Gasteiger partial charge in [0.1, 0.15) is 18.1 Å². The fourth-order valence-electron chi connectivity index (χ4n) is 1.43. The summed E-state index contributed by atoms with van der Waals surface area (Å²) < 4.78 is 10.3. The fourth-order valence-corrected chi connectivity index (χ4v) is 1.55. The number of carbonyl (C=O) groups is 1. The number of carbonyl (C=O) groups excluding carboxylic acids is 1. The first-order chi connectivity index (χ1) is 9.15. The van der Waals surface area contributed by atoms with Gasteiger partial charge in [-0.3, -0.25) is 4.79 Å². The molecule has 0 radical (unpaired) electrons. The monoisotopic (exact) mass is 280 g/mol. The van der Waals surface area contributed by atoms with Crippen LogP contribution in [0.15, 0.2) is 34.9 Å². The lowest BCUT2D eigenvalue weighted by atomic mass is 10.3. The van der Waals surface area contributed by atoms with Gasteiger partial charge in [0, 0.05) is 11.1 Å². The largest absolute Gasteiger partial charge is 0.492 e. The summed E-state index contributed by atoms with van der Waals surface area (Å²) in [5.74, 6) is 1.02. The Bertz CT molecular complexity index is 551. The third-order valence-electron chi connectivity index (χ3n) is 2.33. The van der Waals surface area contributed by atoms with E-state index in [1.54, 1.807) is 37.3 Å². The molecular formula is C13H13ClN2O3. The maximum Gasteiger partial charge on any atom is 0.273 e. The molecule has 0 bridgehead atoms. The van der Waals surface area contributed by atoms with Crippen molar-refractivity contribution >= 4 is 17.5 Å². The van der Waals surface area contributed by atoms with E-state index in [1.165, 1.54) is 0 Å². The first-order valence-electron chi connectivity index (χ1n) is 5.75. The molecule has 6 heteroatoms. The average molecular weight is 281 g/mol. The predicted octanol–water partition coefficient (Wildman–Crippen LogP) is 2.45. The van der Waals surface area contributed by atoms with Crippen molar-refractivity contribution in [3.63, 3.8) is 0 Å². The molecule has 0 saturated carbocycles. The molecule has 19 heavy (non-hydrogen) atoms. The molecule has 1 aromatic heterocycles. The van der Waals surface area contributed by atoms with Gasteiger partial charge in [-0.15, -0.1) is 0 Å². The van der Waals surface area contributed by atoms with Crippen molar-refractivity contribution in [3.05, 3.63) is 46.8 Å². The standard InChI is InChI=1S/C13H13ClN2O3/c1-9-8-12(16-19-9)13(17)15-6-7-18-11-4-2-10(14)3-5-11/h2-5,8H,6-7H2,1H3,(H,15,17). The van der Waals surface area contributed by atoms with E-state index in [2.05, 4.69) is 10.5 Å². The number of aryl methyl sites for hydroxylation is 1. The molecule has 1 amide bonds. The van der Waals surface area contributed by atoms with Gasteiger partial charge in [-0.25, -0.2) is 0 Å². The highest BCUT2D eigenvalue weighted by Gasteiger charge is 2.09. The minimum Gasteiger partial charge on any atom is -0.492 e. The van der Waals surface area contributed by atoms with Crippen LogP contribution in [0.1, 0.15) is 16.2 Å².